The van der Waals surface area contributed by atoms with Gasteiger partial charge in [0.05, 0.1) is 18.8 Å². The van der Waals surface area contributed by atoms with Gasteiger partial charge in [-0.3, -0.25) is 9.36 Å². The molecule has 1 saturated carbocycles. The number of ether oxygens (including phenoxy) is 2. The molecule has 1 fully saturated rings. The van der Waals surface area contributed by atoms with Gasteiger partial charge in [-0.25, -0.2) is 13.2 Å². The highest BCUT2D eigenvalue weighted by Crippen LogP contribution is 2.31. The molecule has 0 bridgehead atoms. The van der Waals surface area contributed by atoms with Crippen LogP contribution in [0.2, 0.25) is 0 Å². The van der Waals surface area contributed by atoms with Crippen LogP contribution in [0.25, 0.3) is 11.3 Å². The third kappa shape index (κ3) is 7.94. The zero-order valence-corrected chi connectivity index (χ0v) is 25.7. The molecule has 4 rings (SSSR count). The minimum atomic E-state index is -1.01. The summed E-state index contributed by atoms with van der Waals surface area (Å²) in [6.07, 6.45) is 6.18. The maximum absolute atomic E-state index is 15.3. The molecule has 3 aromatic rings. The van der Waals surface area contributed by atoms with Crippen LogP contribution in [-0.2, 0) is 4.74 Å². The topological polar surface area (TPSA) is 78.5 Å². The Morgan fingerprint density at radius 3 is 2.36 bits per heavy atom. The fourth-order valence-corrected chi connectivity index (χ4v) is 5.51. The first-order chi connectivity index (χ1) is 21.0. The van der Waals surface area contributed by atoms with Crippen LogP contribution in [0.15, 0.2) is 66.2 Å². The summed E-state index contributed by atoms with van der Waals surface area (Å²) in [6, 6.07) is 9.05. The Bertz CT molecular complexity index is 1540. The number of nitrogens with one attached hydrogen (secondary N) is 1. The van der Waals surface area contributed by atoms with E-state index in [1.54, 1.807) is 13.0 Å². The van der Waals surface area contributed by atoms with Crippen molar-refractivity contribution in [2.45, 2.75) is 71.4 Å². The first-order valence-corrected chi connectivity index (χ1v) is 15.1. The summed E-state index contributed by atoms with van der Waals surface area (Å²) < 4.78 is 57.0. The highest BCUT2D eigenvalue weighted by molar-refractivity contribution is 5.83. The molecule has 2 aromatic carbocycles. The molecule has 1 aliphatic carbocycles. The predicted molar refractivity (Wildman–Crippen MR) is 169 cm³/mol. The molecule has 0 spiro atoms. The second kappa shape index (κ2) is 14.7. The van der Waals surface area contributed by atoms with Crippen LogP contribution in [0.1, 0.15) is 69.1 Å². The fraction of sp³-hybridized carbons (Fsp3) is 0.400. The van der Waals surface area contributed by atoms with Crippen LogP contribution >= 0.6 is 0 Å². The van der Waals surface area contributed by atoms with Crippen molar-refractivity contribution < 1.29 is 22.6 Å². The molecular weight excluding hydrogens is 567 g/mol. The first kappa shape index (κ1) is 32.9. The van der Waals surface area contributed by atoms with E-state index in [9.17, 15) is 9.18 Å². The number of anilines is 1. The van der Waals surface area contributed by atoms with Gasteiger partial charge < -0.3 is 20.5 Å². The van der Waals surface area contributed by atoms with Gasteiger partial charge in [-0.1, -0.05) is 33.1 Å². The molecule has 0 unspecified atom stereocenters. The number of aryl methyl sites for hydroxylation is 1. The average molecular weight is 610 g/mol. The summed E-state index contributed by atoms with van der Waals surface area (Å²) in [5.41, 5.74) is 6.54. The second-order valence-electron chi connectivity index (χ2n) is 11.8. The van der Waals surface area contributed by atoms with Gasteiger partial charge in [0.15, 0.2) is 11.6 Å². The SMILES string of the molecule is C=C(c1ccc(F)c(C)c1)c1ccc(=O)n(-c2c(F)cc(OCCCN[C@@H](CC(C)C)C(=C)OC3CCCC3)cc2F)c1N. The molecule has 0 radical (unpaired) electrons. The molecule has 6 nitrogen and oxygen atoms in total. The van der Waals surface area contributed by atoms with E-state index in [4.69, 9.17) is 15.2 Å². The lowest BCUT2D eigenvalue weighted by atomic mass is 9.98. The summed E-state index contributed by atoms with van der Waals surface area (Å²) >= 11 is 0. The van der Waals surface area contributed by atoms with E-state index in [-0.39, 0.29) is 41.7 Å². The van der Waals surface area contributed by atoms with E-state index >= 15 is 8.78 Å². The van der Waals surface area contributed by atoms with E-state index in [0.29, 0.717) is 35.6 Å². The van der Waals surface area contributed by atoms with E-state index in [0.717, 1.165) is 47.8 Å². The Balaban J connectivity index is 1.42. The van der Waals surface area contributed by atoms with Gasteiger partial charge in [0.25, 0.3) is 5.56 Å². The van der Waals surface area contributed by atoms with Gasteiger partial charge in [0.2, 0.25) is 0 Å². The van der Waals surface area contributed by atoms with E-state index in [1.165, 1.54) is 31.0 Å². The van der Waals surface area contributed by atoms with Gasteiger partial charge in [0.1, 0.15) is 28.8 Å². The standard InChI is InChI=1S/C35H42F3N3O3/c1-21(2)17-32(24(5)44-26-9-6-7-10-26)40-15-8-16-43-27-19-30(37)34(31(38)20-27)41-33(42)14-12-28(35(41)39)23(4)25-11-13-29(36)22(3)18-25/h11-14,18-21,26,32,40H,4-10,15-17,39H2,1-3H3/t32-/m0/s1. The van der Waals surface area contributed by atoms with Crippen molar-refractivity contribution in [3.05, 3.63) is 106 Å². The molecule has 44 heavy (non-hydrogen) atoms. The van der Waals surface area contributed by atoms with E-state index in [2.05, 4.69) is 32.3 Å². The predicted octanol–water partition coefficient (Wildman–Crippen LogP) is 7.45. The fourth-order valence-electron chi connectivity index (χ4n) is 5.51. The van der Waals surface area contributed by atoms with Crippen molar-refractivity contribution in [3.63, 3.8) is 0 Å². The maximum Gasteiger partial charge on any atom is 0.256 e. The number of pyridine rings is 1. The van der Waals surface area contributed by atoms with E-state index < -0.39 is 22.9 Å². The van der Waals surface area contributed by atoms with Crippen molar-refractivity contribution in [1.29, 1.82) is 0 Å². The number of benzene rings is 2. The van der Waals surface area contributed by atoms with Gasteiger partial charge in [-0.2, -0.15) is 0 Å². The van der Waals surface area contributed by atoms with Crippen molar-refractivity contribution in [2.75, 3.05) is 18.9 Å². The first-order valence-electron chi connectivity index (χ1n) is 15.1. The zero-order valence-electron chi connectivity index (χ0n) is 25.7. The molecule has 1 aliphatic rings. The van der Waals surface area contributed by atoms with Crippen LogP contribution in [0.5, 0.6) is 5.75 Å². The monoisotopic (exact) mass is 609 g/mol. The van der Waals surface area contributed by atoms with Crippen LogP contribution in [0.4, 0.5) is 19.0 Å². The van der Waals surface area contributed by atoms with Crippen LogP contribution < -0.4 is 21.3 Å². The van der Waals surface area contributed by atoms with Crippen molar-refractivity contribution in [1.82, 2.24) is 9.88 Å². The second-order valence-corrected chi connectivity index (χ2v) is 11.8. The summed E-state index contributed by atoms with van der Waals surface area (Å²) in [4.78, 5) is 12.8. The number of rotatable bonds is 14. The molecule has 1 aromatic heterocycles. The minimum absolute atomic E-state index is 0.00692. The minimum Gasteiger partial charge on any atom is -0.494 e. The molecule has 236 valence electrons. The smallest absolute Gasteiger partial charge is 0.256 e. The molecule has 0 saturated heterocycles. The largest absolute Gasteiger partial charge is 0.494 e. The summed E-state index contributed by atoms with van der Waals surface area (Å²) in [6.45, 7) is 14.9. The van der Waals surface area contributed by atoms with Gasteiger partial charge in [0, 0.05) is 23.8 Å². The lowest BCUT2D eigenvalue weighted by Crippen LogP contribution is -2.35. The molecular formula is C35H42F3N3O3. The Hall–Kier alpha value is -3.98. The number of hydrogen-bond acceptors (Lipinski definition) is 5. The Kier molecular flexibility index (Phi) is 11.0. The summed E-state index contributed by atoms with van der Waals surface area (Å²) in [5, 5.41) is 3.48. The van der Waals surface area contributed by atoms with Gasteiger partial charge >= 0.3 is 0 Å². The lowest BCUT2D eigenvalue weighted by Gasteiger charge is -2.25. The lowest BCUT2D eigenvalue weighted by molar-refractivity contribution is 0.101. The van der Waals surface area contributed by atoms with E-state index in [1.807, 2.05) is 0 Å². The third-order valence-corrected chi connectivity index (χ3v) is 7.87. The van der Waals surface area contributed by atoms with Crippen LogP contribution in [0, 0.1) is 30.3 Å². The number of halogens is 3. The van der Waals surface area contributed by atoms with Gasteiger partial charge in [-0.05, 0) is 92.8 Å². The number of hydrogen-bond donors (Lipinski definition) is 2. The highest BCUT2D eigenvalue weighted by Gasteiger charge is 2.23. The third-order valence-electron chi connectivity index (χ3n) is 7.87. The quantitative estimate of drug-likeness (QED) is 0.147. The zero-order chi connectivity index (χ0) is 32.0. The van der Waals surface area contributed by atoms with Crippen molar-refractivity contribution >= 4 is 11.4 Å². The van der Waals surface area contributed by atoms with Crippen LogP contribution in [-0.4, -0.2) is 29.9 Å². The summed E-state index contributed by atoms with van der Waals surface area (Å²) in [7, 11) is 0. The Morgan fingerprint density at radius 2 is 1.73 bits per heavy atom. The molecule has 3 N–H and O–H groups in total. The maximum atomic E-state index is 15.3. The Morgan fingerprint density at radius 1 is 1.05 bits per heavy atom. The molecule has 9 heteroatoms. The number of nitrogen functional groups attached to an aromatic ring is 1. The molecule has 1 atom stereocenters. The highest BCUT2D eigenvalue weighted by atomic mass is 19.1. The molecule has 1 heterocycles. The molecule has 0 amide bonds. The normalized spacial score (nSPS) is 14.2. The average Bonchev–Trinajstić information content (AvgIpc) is 3.47. The number of nitrogens with zero attached hydrogens (tertiary/aromatic N) is 1. The Labute approximate surface area is 257 Å². The van der Waals surface area contributed by atoms with Gasteiger partial charge in [-0.15, -0.1) is 0 Å². The van der Waals surface area contributed by atoms with Crippen LogP contribution in [0.3, 0.4) is 0 Å². The number of nitrogens with two attached hydrogens (primary N) is 1. The van der Waals surface area contributed by atoms with Crippen molar-refractivity contribution in [2.24, 2.45) is 5.92 Å². The molecule has 0 aliphatic heterocycles. The van der Waals surface area contributed by atoms with Crippen molar-refractivity contribution in [3.8, 4) is 11.4 Å². The number of aromatic nitrogens is 1. The summed E-state index contributed by atoms with van der Waals surface area (Å²) in [5.74, 6) is -1.41.